The zero-order valence-electron chi connectivity index (χ0n) is 15.2. The molecular weight excluding hydrogens is 424 g/mol. The molecule has 0 spiro atoms. The Balaban J connectivity index is 1.46. The maximum Gasteiger partial charge on any atom is 0.469 e. The third-order valence-electron chi connectivity index (χ3n) is 4.21. The number of ether oxygens (including phenoxy) is 1. The van der Waals surface area contributed by atoms with E-state index in [1.165, 1.54) is 34.0 Å². The second-order valence-electron chi connectivity index (χ2n) is 6.35. The molecular formula is C16H15FN5O7P. The number of nitrogens with zero attached hydrogens (tertiary/aromatic N) is 5. The largest absolute Gasteiger partial charge is 0.469 e. The molecule has 1 saturated heterocycles. The van der Waals surface area contributed by atoms with Gasteiger partial charge in [0, 0.05) is 12.3 Å². The van der Waals surface area contributed by atoms with Gasteiger partial charge in [-0.25, -0.2) is 18.4 Å². The number of hydrogen-bond acceptors (Lipinski definition) is 8. The molecule has 1 aromatic carbocycles. The average molecular weight is 439 g/mol. The molecule has 0 unspecified atom stereocenters. The topological polar surface area (TPSA) is 153 Å². The molecule has 14 heteroatoms. The van der Waals surface area contributed by atoms with E-state index in [-0.39, 0.29) is 23.6 Å². The highest BCUT2D eigenvalue weighted by Crippen LogP contribution is 2.37. The van der Waals surface area contributed by atoms with Gasteiger partial charge >= 0.3 is 13.9 Å². The highest BCUT2D eigenvalue weighted by molar-refractivity contribution is 7.46. The van der Waals surface area contributed by atoms with Crippen LogP contribution in [0.5, 0.6) is 0 Å². The number of cyclic esters (lactones) is 1. The second kappa shape index (κ2) is 7.95. The minimum atomic E-state index is -4.67. The number of phosphoric acid groups is 1. The lowest BCUT2D eigenvalue weighted by Gasteiger charge is -2.13. The first-order chi connectivity index (χ1) is 14.3. The van der Waals surface area contributed by atoms with E-state index in [2.05, 4.69) is 20.0 Å². The van der Waals surface area contributed by atoms with Gasteiger partial charge in [-0.2, -0.15) is 0 Å². The van der Waals surface area contributed by atoms with Crippen molar-refractivity contribution in [3.63, 3.8) is 0 Å². The molecule has 1 atom stereocenters. The van der Waals surface area contributed by atoms with Crippen molar-refractivity contribution in [1.82, 2.24) is 20.2 Å². The molecule has 158 valence electrons. The van der Waals surface area contributed by atoms with E-state index < -0.39 is 32.4 Å². The van der Waals surface area contributed by atoms with Crippen LogP contribution in [0.4, 0.5) is 14.9 Å². The van der Waals surface area contributed by atoms with E-state index in [1.807, 2.05) is 0 Å². The molecule has 1 aliphatic heterocycles. The number of aromatic nitrogens is 4. The number of amides is 1. The zero-order valence-corrected chi connectivity index (χ0v) is 16.1. The fraction of sp³-hybridized carbons (Fsp3) is 0.250. The van der Waals surface area contributed by atoms with Crippen LogP contribution in [0.3, 0.4) is 0 Å². The Morgan fingerprint density at radius 1 is 1.33 bits per heavy atom. The molecule has 3 heterocycles. The molecule has 0 radical (unpaired) electrons. The molecule has 3 aromatic rings. The molecule has 0 aliphatic carbocycles. The van der Waals surface area contributed by atoms with E-state index >= 15 is 0 Å². The maximum absolute atomic E-state index is 14.7. The summed E-state index contributed by atoms with van der Waals surface area (Å²) in [7, 11) is -4.67. The summed E-state index contributed by atoms with van der Waals surface area (Å²) in [4.78, 5) is 30.9. The molecule has 1 aliphatic rings. The van der Waals surface area contributed by atoms with Crippen molar-refractivity contribution in [1.29, 1.82) is 0 Å². The number of rotatable bonds is 7. The smallest absolute Gasteiger partial charge is 0.442 e. The first-order valence-corrected chi connectivity index (χ1v) is 10.1. The van der Waals surface area contributed by atoms with E-state index in [0.717, 1.165) is 6.07 Å². The Bertz CT molecular complexity index is 1100. The Morgan fingerprint density at radius 3 is 2.87 bits per heavy atom. The summed E-state index contributed by atoms with van der Waals surface area (Å²) in [6.07, 6.45) is 2.08. The first-order valence-electron chi connectivity index (χ1n) is 8.56. The zero-order chi connectivity index (χ0) is 21.3. The number of halogens is 1. The summed E-state index contributed by atoms with van der Waals surface area (Å²) < 4.78 is 41.6. The van der Waals surface area contributed by atoms with Gasteiger partial charge in [0.25, 0.3) is 0 Å². The number of carbonyl (C=O) groups excluding carboxylic acids is 1. The van der Waals surface area contributed by atoms with Crippen LogP contribution in [-0.4, -0.2) is 48.7 Å². The van der Waals surface area contributed by atoms with Crippen LogP contribution in [0, 0.1) is 5.82 Å². The van der Waals surface area contributed by atoms with Crippen LogP contribution in [-0.2, 0) is 27.0 Å². The lowest BCUT2D eigenvalue weighted by molar-refractivity contribution is 0.129. The van der Waals surface area contributed by atoms with Gasteiger partial charge in [0.05, 0.1) is 30.5 Å². The van der Waals surface area contributed by atoms with Crippen LogP contribution in [0.15, 0.2) is 41.2 Å². The van der Waals surface area contributed by atoms with Gasteiger partial charge < -0.3 is 19.0 Å². The molecule has 2 aromatic heterocycles. The van der Waals surface area contributed by atoms with Crippen LogP contribution in [0.25, 0.3) is 11.3 Å². The quantitative estimate of drug-likeness (QED) is 0.520. The van der Waals surface area contributed by atoms with Crippen LogP contribution >= 0.6 is 7.82 Å². The lowest BCUT2D eigenvalue weighted by atomic mass is 10.1. The lowest BCUT2D eigenvalue weighted by Crippen LogP contribution is -2.26. The minimum absolute atomic E-state index is 0.0384. The second-order valence-corrected chi connectivity index (χ2v) is 7.59. The van der Waals surface area contributed by atoms with Crippen LogP contribution < -0.4 is 4.90 Å². The molecule has 1 fully saturated rings. The normalized spacial score (nSPS) is 16.8. The number of carbonyl (C=O) groups is 1. The molecule has 0 bridgehead atoms. The maximum atomic E-state index is 14.7. The van der Waals surface area contributed by atoms with Gasteiger partial charge in [-0.15, -0.1) is 5.10 Å². The predicted molar refractivity (Wildman–Crippen MR) is 96.4 cm³/mol. The Hall–Kier alpha value is -3.12. The average Bonchev–Trinajstić information content (AvgIpc) is 3.41. The van der Waals surface area contributed by atoms with E-state index in [1.54, 1.807) is 6.20 Å². The van der Waals surface area contributed by atoms with Crippen LogP contribution in [0.2, 0.25) is 0 Å². The fourth-order valence-corrected chi connectivity index (χ4v) is 3.20. The standard InChI is InChI=1S/C16H15FN5O7P/c17-14-6-11(22-8-12(28-16(22)23)7-21-4-3-18-20-21)1-2-13(14)15-5-10(19-29-15)9-27-30(24,25)26/h1-6,12H,7-9H2,(H2,24,25,26)/t12-/m0/s1. The molecule has 2 N–H and O–H groups in total. The molecule has 12 nitrogen and oxygen atoms in total. The predicted octanol–water partition coefficient (Wildman–Crippen LogP) is 1.71. The number of benzene rings is 1. The minimum Gasteiger partial charge on any atom is -0.442 e. The highest BCUT2D eigenvalue weighted by Gasteiger charge is 2.33. The third kappa shape index (κ3) is 4.54. The van der Waals surface area contributed by atoms with Crippen molar-refractivity contribution in [2.24, 2.45) is 0 Å². The Labute approximate surface area is 168 Å². The van der Waals surface area contributed by atoms with Gasteiger partial charge in [-0.05, 0) is 18.2 Å². The van der Waals surface area contributed by atoms with E-state index in [0.29, 0.717) is 12.2 Å². The first kappa shape index (κ1) is 20.2. The fourth-order valence-electron chi connectivity index (χ4n) is 2.89. The number of hydrogen-bond donors (Lipinski definition) is 2. The van der Waals surface area contributed by atoms with Crippen molar-refractivity contribution >= 4 is 19.6 Å². The SMILES string of the molecule is O=C1O[C@@H](Cn2ccnn2)CN1c1ccc(-c2cc(COP(=O)(O)O)no2)c(F)c1. The van der Waals surface area contributed by atoms with E-state index in [9.17, 15) is 13.8 Å². The van der Waals surface area contributed by atoms with Crippen molar-refractivity contribution in [3.8, 4) is 11.3 Å². The van der Waals surface area contributed by atoms with Crippen molar-refractivity contribution in [3.05, 3.63) is 48.2 Å². The van der Waals surface area contributed by atoms with Gasteiger partial charge in [-0.3, -0.25) is 9.42 Å². The van der Waals surface area contributed by atoms with Gasteiger partial charge in [0.1, 0.15) is 24.2 Å². The van der Waals surface area contributed by atoms with Crippen molar-refractivity contribution < 1.29 is 37.3 Å². The van der Waals surface area contributed by atoms with Crippen molar-refractivity contribution in [2.45, 2.75) is 19.3 Å². The Morgan fingerprint density at radius 2 is 2.17 bits per heavy atom. The van der Waals surface area contributed by atoms with Gasteiger partial charge in [0.2, 0.25) is 0 Å². The third-order valence-corrected chi connectivity index (χ3v) is 4.67. The molecule has 4 rings (SSSR count). The summed E-state index contributed by atoms with van der Waals surface area (Å²) in [6.45, 7) is 0.0320. The van der Waals surface area contributed by atoms with E-state index in [4.69, 9.17) is 19.0 Å². The molecule has 1 amide bonds. The number of anilines is 1. The summed E-state index contributed by atoms with van der Waals surface area (Å²) in [5, 5.41) is 11.1. The van der Waals surface area contributed by atoms with Gasteiger partial charge in [-0.1, -0.05) is 10.4 Å². The highest BCUT2D eigenvalue weighted by atomic mass is 31.2. The van der Waals surface area contributed by atoms with Gasteiger partial charge in [0.15, 0.2) is 5.76 Å². The van der Waals surface area contributed by atoms with Crippen LogP contribution in [0.1, 0.15) is 5.69 Å². The molecule has 30 heavy (non-hydrogen) atoms. The summed E-state index contributed by atoms with van der Waals surface area (Å²) in [5.74, 6) is -0.643. The molecule has 0 saturated carbocycles. The monoisotopic (exact) mass is 439 g/mol. The summed E-state index contributed by atoms with van der Waals surface area (Å²) >= 11 is 0. The van der Waals surface area contributed by atoms with Crippen molar-refractivity contribution in [2.75, 3.05) is 11.4 Å². The Kier molecular flexibility index (Phi) is 5.35. The summed E-state index contributed by atoms with van der Waals surface area (Å²) in [6, 6.07) is 5.37. The summed E-state index contributed by atoms with van der Waals surface area (Å²) in [5.41, 5.74) is 0.434. The number of phosphoric ester groups is 1.